The lowest BCUT2D eigenvalue weighted by atomic mass is 10.1. The molecule has 4 heteroatoms. The van der Waals surface area contributed by atoms with Gasteiger partial charge < -0.3 is 5.73 Å². The quantitative estimate of drug-likeness (QED) is 0.592. The van der Waals surface area contributed by atoms with Crippen molar-refractivity contribution in [2.24, 2.45) is 5.73 Å². The van der Waals surface area contributed by atoms with Gasteiger partial charge in [-0.1, -0.05) is 18.2 Å². The molecule has 16 heavy (non-hydrogen) atoms. The fraction of sp³-hybridized carbons (Fsp3) is 0.417. The number of nitrogens with zero attached hydrogens (tertiary/aromatic N) is 1. The summed E-state index contributed by atoms with van der Waals surface area (Å²) in [6, 6.07) is 6.86. The lowest BCUT2D eigenvalue weighted by Crippen LogP contribution is -2.32. The molecule has 1 atom stereocenters. The number of hydrogen-bond acceptors (Lipinski definition) is 2. The van der Waals surface area contributed by atoms with Gasteiger partial charge in [0.2, 0.25) is 0 Å². The van der Waals surface area contributed by atoms with Crippen LogP contribution in [0, 0.1) is 11.2 Å². The van der Waals surface area contributed by atoms with Crippen LogP contribution >= 0.6 is 0 Å². The number of hydrogen-bond donors (Lipinski definition) is 2. The predicted octanol–water partition coefficient (Wildman–Crippen LogP) is 1.97. The lowest BCUT2D eigenvalue weighted by molar-refractivity contribution is 0.251. The minimum Gasteiger partial charge on any atom is -0.388 e. The van der Waals surface area contributed by atoms with Gasteiger partial charge in [-0.2, -0.15) is 0 Å². The summed E-state index contributed by atoms with van der Waals surface area (Å²) in [7, 11) is 1.90. The number of amidine groups is 1. The number of rotatable bonds is 5. The van der Waals surface area contributed by atoms with Crippen molar-refractivity contribution in [1.29, 1.82) is 5.41 Å². The van der Waals surface area contributed by atoms with E-state index in [0.29, 0.717) is 18.5 Å². The third-order valence-corrected chi connectivity index (χ3v) is 2.65. The zero-order chi connectivity index (χ0) is 12.1. The molecule has 1 unspecified atom stereocenters. The molecule has 0 aliphatic carbocycles. The third-order valence-electron chi connectivity index (χ3n) is 2.65. The molecule has 0 saturated heterocycles. The van der Waals surface area contributed by atoms with E-state index in [4.69, 9.17) is 11.1 Å². The summed E-state index contributed by atoms with van der Waals surface area (Å²) in [5, 5.41) is 7.22. The maximum atomic E-state index is 13.4. The normalized spacial score (nSPS) is 12.8. The van der Waals surface area contributed by atoms with Crippen LogP contribution in [0.5, 0.6) is 0 Å². The highest BCUT2D eigenvalue weighted by atomic mass is 19.1. The minimum atomic E-state index is -0.190. The van der Waals surface area contributed by atoms with Gasteiger partial charge in [0.25, 0.3) is 0 Å². The number of nitrogens with two attached hydrogens (primary N) is 1. The lowest BCUT2D eigenvalue weighted by Gasteiger charge is -2.24. The first-order chi connectivity index (χ1) is 7.50. The summed E-state index contributed by atoms with van der Waals surface area (Å²) >= 11 is 0. The van der Waals surface area contributed by atoms with Crippen LogP contribution in [-0.4, -0.2) is 23.8 Å². The predicted molar refractivity (Wildman–Crippen MR) is 63.9 cm³/mol. The second-order valence-corrected chi connectivity index (χ2v) is 4.08. The highest BCUT2D eigenvalue weighted by molar-refractivity contribution is 5.77. The molecule has 0 saturated carbocycles. The van der Waals surface area contributed by atoms with Crippen LogP contribution in [0.2, 0.25) is 0 Å². The zero-order valence-corrected chi connectivity index (χ0v) is 9.70. The molecular weight excluding hydrogens is 205 g/mol. The first-order valence-corrected chi connectivity index (χ1v) is 5.27. The average molecular weight is 223 g/mol. The van der Waals surface area contributed by atoms with E-state index in [1.165, 1.54) is 6.07 Å². The summed E-state index contributed by atoms with van der Waals surface area (Å²) in [5.41, 5.74) is 6.00. The van der Waals surface area contributed by atoms with Crippen molar-refractivity contribution in [2.45, 2.75) is 25.9 Å². The molecule has 0 heterocycles. The Balaban J connectivity index is 2.60. The van der Waals surface area contributed by atoms with Crippen LogP contribution in [0.3, 0.4) is 0 Å². The van der Waals surface area contributed by atoms with Gasteiger partial charge in [0.05, 0.1) is 5.84 Å². The Morgan fingerprint density at radius 1 is 1.50 bits per heavy atom. The van der Waals surface area contributed by atoms with Crippen LogP contribution in [0.25, 0.3) is 0 Å². The first kappa shape index (κ1) is 12.6. The maximum Gasteiger partial charge on any atom is 0.127 e. The van der Waals surface area contributed by atoms with E-state index < -0.39 is 0 Å². The molecule has 3 N–H and O–H groups in total. The maximum absolute atomic E-state index is 13.4. The van der Waals surface area contributed by atoms with Gasteiger partial charge in [-0.25, -0.2) is 4.39 Å². The molecule has 1 aromatic carbocycles. The fourth-order valence-corrected chi connectivity index (χ4v) is 1.53. The van der Waals surface area contributed by atoms with Crippen LogP contribution in [0.1, 0.15) is 18.9 Å². The van der Waals surface area contributed by atoms with Crippen LogP contribution < -0.4 is 5.73 Å². The molecule has 0 spiro atoms. The van der Waals surface area contributed by atoms with Crippen molar-refractivity contribution < 1.29 is 4.39 Å². The minimum absolute atomic E-state index is 0.136. The standard InChI is InChI=1S/C12H18FN3/c1-9(7-12(14)15)16(2)8-10-5-3-4-6-11(10)13/h3-6,9H,7-8H2,1-2H3,(H3,14,15). The van der Waals surface area contributed by atoms with Gasteiger partial charge in [-0.15, -0.1) is 0 Å². The molecule has 1 rings (SSSR count). The van der Waals surface area contributed by atoms with Gasteiger partial charge >= 0.3 is 0 Å². The largest absolute Gasteiger partial charge is 0.388 e. The average Bonchev–Trinajstić information content (AvgIpc) is 2.20. The summed E-state index contributed by atoms with van der Waals surface area (Å²) in [6.07, 6.45) is 0.505. The molecule has 88 valence electrons. The van der Waals surface area contributed by atoms with E-state index in [1.807, 2.05) is 24.9 Å². The SMILES string of the molecule is CC(CC(=N)N)N(C)Cc1ccccc1F. The fourth-order valence-electron chi connectivity index (χ4n) is 1.53. The van der Waals surface area contributed by atoms with Crippen molar-refractivity contribution >= 4 is 5.84 Å². The monoisotopic (exact) mass is 223 g/mol. The summed E-state index contributed by atoms with van der Waals surface area (Å²) in [5.74, 6) is -0.0303. The van der Waals surface area contributed by atoms with Crippen molar-refractivity contribution in [3.8, 4) is 0 Å². The van der Waals surface area contributed by atoms with E-state index in [9.17, 15) is 4.39 Å². The molecule has 1 aromatic rings. The zero-order valence-electron chi connectivity index (χ0n) is 9.70. The van der Waals surface area contributed by atoms with E-state index >= 15 is 0 Å². The molecule has 0 amide bonds. The Bertz CT molecular complexity index is 365. The van der Waals surface area contributed by atoms with Gasteiger partial charge in [0, 0.05) is 24.6 Å². The number of halogens is 1. The molecule has 0 aromatic heterocycles. The molecule has 0 radical (unpaired) electrons. The van der Waals surface area contributed by atoms with Gasteiger partial charge in [0.1, 0.15) is 5.82 Å². The van der Waals surface area contributed by atoms with Gasteiger partial charge in [-0.3, -0.25) is 10.3 Å². The summed E-state index contributed by atoms with van der Waals surface area (Å²) < 4.78 is 13.4. The van der Waals surface area contributed by atoms with E-state index in [-0.39, 0.29) is 17.7 Å². The number of nitrogens with one attached hydrogen (secondary N) is 1. The van der Waals surface area contributed by atoms with Gasteiger partial charge in [0.15, 0.2) is 0 Å². The molecule has 3 nitrogen and oxygen atoms in total. The smallest absolute Gasteiger partial charge is 0.127 e. The van der Waals surface area contributed by atoms with Crippen molar-refractivity contribution in [1.82, 2.24) is 4.90 Å². The Labute approximate surface area is 95.6 Å². The van der Waals surface area contributed by atoms with E-state index in [2.05, 4.69) is 0 Å². The Morgan fingerprint density at radius 3 is 2.69 bits per heavy atom. The van der Waals surface area contributed by atoms with E-state index in [0.717, 1.165) is 0 Å². The summed E-state index contributed by atoms with van der Waals surface area (Å²) in [6.45, 7) is 2.50. The molecular formula is C12H18FN3. The Hall–Kier alpha value is -1.42. The molecule has 0 fully saturated rings. The van der Waals surface area contributed by atoms with Crippen molar-refractivity contribution in [2.75, 3.05) is 7.05 Å². The molecule has 0 aliphatic rings. The highest BCUT2D eigenvalue weighted by Gasteiger charge is 2.12. The van der Waals surface area contributed by atoms with Crippen molar-refractivity contribution in [3.63, 3.8) is 0 Å². The first-order valence-electron chi connectivity index (χ1n) is 5.27. The third kappa shape index (κ3) is 3.62. The van der Waals surface area contributed by atoms with Gasteiger partial charge in [-0.05, 0) is 20.0 Å². The molecule has 0 bridgehead atoms. The van der Waals surface area contributed by atoms with Crippen LogP contribution in [0.4, 0.5) is 4.39 Å². The molecule has 0 aliphatic heterocycles. The number of benzene rings is 1. The van der Waals surface area contributed by atoms with Crippen LogP contribution in [0.15, 0.2) is 24.3 Å². The van der Waals surface area contributed by atoms with E-state index in [1.54, 1.807) is 12.1 Å². The Kier molecular flexibility index (Phi) is 4.43. The van der Waals surface area contributed by atoms with Crippen molar-refractivity contribution in [3.05, 3.63) is 35.6 Å². The Morgan fingerprint density at radius 2 is 2.12 bits per heavy atom. The van der Waals surface area contributed by atoms with Crippen LogP contribution in [-0.2, 0) is 6.54 Å². The highest BCUT2D eigenvalue weighted by Crippen LogP contribution is 2.11. The second-order valence-electron chi connectivity index (χ2n) is 4.08. The summed E-state index contributed by atoms with van der Waals surface area (Å²) in [4.78, 5) is 1.99. The topological polar surface area (TPSA) is 53.1 Å². The second kappa shape index (κ2) is 5.61.